The first-order chi connectivity index (χ1) is 9.90. The topological polar surface area (TPSA) is 24.9 Å². The minimum atomic E-state index is 0.736. The molecular formula is C18H28N2. The highest BCUT2D eigenvalue weighted by Crippen LogP contribution is 2.45. The molecule has 1 aromatic heterocycles. The minimum Gasteiger partial charge on any atom is -0.316 e. The maximum Gasteiger partial charge on any atom is 0.0469 e. The predicted molar refractivity (Wildman–Crippen MR) is 83.9 cm³/mol. The summed E-state index contributed by atoms with van der Waals surface area (Å²) in [6, 6.07) is 4.39. The molecule has 1 fully saturated rings. The largest absolute Gasteiger partial charge is 0.316 e. The van der Waals surface area contributed by atoms with Gasteiger partial charge in [0.1, 0.15) is 0 Å². The van der Waals surface area contributed by atoms with Crippen molar-refractivity contribution in [3.8, 4) is 0 Å². The zero-order valence-corrected chi connectivity index (χ0v) is 12.8. The van der Waals surface area contributed by atoms with Crippen LogP contribution in [-0.2, 0) is 6.42 Å². The van der Waals surface area contributed by atoms with E-state index in [4.69, 9.17) is 4.98 Å². The van der Waals surface area contributed by atoms with Crippen LogP contribution in [0.25, 0.3) is 0 Å². The molecular weight excluding hydrogens is 244 g/mol. The highest BCUT2D eigenvalue weighted by Gasteiger charge is 2.36. The molecule has 2 aliphatic rings. The number of aromatic nitrogens is 1. The summed E-state index contributed by atoms with van der Waals surface area (Å²) in [5.41, 5.74) is 2.95. The van der Waals surface area contributed by atoms with E-state index in [2.05, 4.69) is 24.4 Å². The molecule has 3 rings (SSSR count). The lowest BCUT2D eigenvalue weighted by atomic mass is 9.71. The molecule has 0 aliphatic heterocycles. The van der Waals surface area contributed by atoms with Crippen molar-refractivity contribution in [2.45, 2.75) is 57.8 Å². The molecule has 3 atom stereocenters. The average molecular weight is 272 g/mol. The maximum absolute atomic E-state index is 4.73. The van der Waals surface area contributed by atoms with Crippen LogP contribution in [0, 0.1) is 11.8 Å². The van der Waals surface area contributed by atoms with Gasteiger partial charge in [0.25, 0.3) is 0 Å². The van der Waals surface area contributed by atoms with Gasteiger partial charge in [0.05, 0.1) is 0 Å². The Morgan fingerprint density at radius 1 is 1.25 bits per heavy atom. The summed E-state index contributed by atoms with van der Waals surface area (Å²) < 4.78 is 0. The number of fused-ring (bicyclic) bond motifs is 1. The SMILES string of the molecule is CCCNCC1CCCCC1C1CCc2cccnc21. The molecule has 110 valence electrons. The first-order valence-corrected chi connectivity index (χ1v) is 8.54. The maximum atomic E-state index is 4.73. The van der Waals surface area contributed by atoms with E-state index in [1.165, 1.54) is 69.3 Å². The second-order valence-electron chi connectivity index (χ2n) is 6.61. The lowest BCUT2D eigenvalue weighted by Crippen LogP contribution is -2.33. The number of hydrogen-bond acceptors (Lipinski definition) is 2. The Bertz CT molecular complexity index is 429. The first-order valence-electron chi connectivity index (χ1n) is 8.54. The van der Waals surface area contributed by atoms with Crippen LogP contribution in [0.15, 0.2) is 18.3 Å². The van der Waals surface area contributed by atoms with Crippen LogP contribution < -0.4 is 5.32 Å². The lowest BCUT2D eigenvalue weighted by Gasteiger charge is -2.36. The normalized spacial score (nSPS) is 29.4. The lowest BCUT2D eigenvalue weighted by molar-refractivity contribution is 0.193. The number of aryl methyl sites for hydroxylation is 1. The molecule has 0 spiro atoms. The molecule has 1 heterocycles. The van der Waals surface area contributed by atoms with Crippen LogP contribution in [0.4, 0.5) is 0 Å². The second kappa shape index (κ2) is 6.71. The smallest absolute Gasteiger partial charge is 0.0469 e. The molecule has 20 heavy (non-hydrogen) atoms. The molecule has 0 radical (unpaired) electrons. The molecule has 2 heteroatoms. The molecule has 0 bridgehead atoms. The highest BCUT2D eigenvalue weighted by atomic mass is 14.9. The van der Waals surface area contributed by atoms with Crippen molar-refractivity contribution in [2.24, 2.45) is 11.8 Å². The number of pyridine rings is 1. The van der Waals surface area contributed by atoms with Gasteiger partial charge < -0.3 is 5.32 Å². The molecule has 1 saturated carbocycles. The molecule has 3 unspecified atom stereocenters. The highest BCUT2D eigenvalue weighted by molar-refractivity contribution is 5.29. The van der Waals surface area contributed by atoms with E-state index in [0.29, 0.717) is 0 Å². The van der Waals surface area contributed by atoms with E-state index in [0.717, 1.165) is 17.8 Å². The molecule has 1 aromatic rings. The van der Waals surface area contributed by atoms with E-state index in [1.54, 1.807) is 0 Å². The van der Waals surface area contributed by atoms with Gasteiger partial charge >= 0.3 is 0 Å². The van der Waals surface area contributed by atoms with Crippen LogP contribution in [0.5, 0.6) is 0 Å². The third-order valence-corrected chi connectivity index (χ3v) is 5.32. The Labute approximate surface area is 123 Å². The van der Waals surface area contributed by atoms with Gasteiger partial charge in [-0.1, -0.05) is 25.8 Å². The van der Waals surface area contributed by atoms with Crippen molar-refractivity contribution in [3.05, 3.63) is 29.6 Å². The fourth-order valence-corrected chi connectivity index (χ4v) is 4.34. The van der Waals surface area contributed by atoms with Crippen molar-refractivity contribution in [3.63, 3.8) is 0 Å². The number of nitrogens with one attached hydrogen (secondary N) is 1. The first kappa shape index (κ1) is 14.1. The Kier molecular flexibility index (Phi) is 4.72. The predicted octanol–water partition coefficient (Wildman–Crippen LogP) is 3.92. The van der Waals surface area contributed by atoms with Crippen molar-refractivity contribution < 1.29 is 0 Å². The Morgan fingerprint density at radius 2 is 2.15 bits per heavy atom. The number of hydrogen-bond donors (Lipinski definition) is 1. The summed E-state index contributed by atoms with van der Waals surface area (Å²) in [5.74, 6) is 2.47. The quantitative estimate of drug-likeness (QED) is 0.822. The van der Waals surface area contributed by atoms with Gasteiger partial charge in [-0.3, -0.25) is 4.98 Å². The summed E-state index contributed by atoms with van der Waals surface area (Å²) in [6.45, 7) is 4.64. The van der Waals surface area contributed by atoms with Gasteiger partial charge in [-0.2, -0.15) is 0 Å². The van der Waals surface area contributed by atoms with Crippen LogP contribution in [-0.4, -0.2) is 18.1 Å². The number of rotatable bonds is 5. The van der Waals surface area contributed by atoms with E-state index in [9.17, 15) is 0 Å². The van der Waals surface area contributed by atoms with Crippen LogP contribution in [0.1, 0.15) is 62.6 Å². The van der Waals surface area contributed by atoms with Crippen molar-refractivity contribution in [2.75, 3.05) is 13.1 Å². The zero-order valence-electron chi connectivity index (χ0n) is 12.8. The Morgan fingerprint density at radius 3 is 3.05 bits per heavy atom. The Hall–Kier alpha value is -0.890. The van der Waals surface area contributed by atoms with E-state index in [1.807, 2.05) is 6.20 Å². The fourth-order valence-electron chi connectivity index (χ4n) is 4.34. The minimum absolute atomic E-state index is 0.736. The van der Waals surface area contributed by atoms with Crippen molar-refractivity contribution in [1.29, 1.82) is 0 Å². The third kappa shape index (κ3) is 2.90. The van der Waals surface area contributed by atoms with E-state index >= 15 is 0 Å². The van der Waals surface area contributed by atoms with Crippen molar-refractivity contribution >= 4 is 0 Å². The molecule has 2 aliphatic carbocycles. The van der Waals surface area contributed by atoms with E-state index < -0.39 is 0 Å². The third-order valence-electron chi connectivity index (χ3n) is 5.32. The summed E-state index contributed by atoms with van der Waals surface area (Å²) in [4.78, 5) is 4.73. The van der Waals surface area contributed by atoms with Gasteiger partial charge in [-0.25, -0.2) is 0 Å². The van der Waals surface area contributed by atoms with Crippen LogP contribution in [0.3, 0.4) is 0 Å². The summed E-state index contributed by atoms with van der Waals surface area (Å²) in [5, 5.41) is 3.66. The van der Waals surface area contributed by atoms with Crippen LogP contribution in [0.2, 0.25) is 0 Å². The monoisotopic (exact) mass is 272 g/mol. The van der Waals surface area contributed by atoms with E-state index in [-0.39, 0.29) is 0 Å². The molecule has 2 nitrogen and oxygen atoms in total. The van der Waals surface area contributed by atoms with Gasteiger partial charge in [0.15, 0.2) is 0 Å². The average Bonchev–Trinajstić information content (AvgIpc) is 2.92. The van der Waals surface area contributed by atoms with Crippen LogP contribution >= 0.6 is 0 Å². The number of nitrogens with zero attached hydrogens (tertiary/aromatic N) is 1. The summed E-state index contributed by atoms with van der Waals surface area (Å²) >= 11 is 0. The summed E-state index contributed by atoms with van der Waals surface area (Å²) in [7, 11) is 0. The van der Waals surface area contributed by atoms with Gasteiger partial charge in [0, 0.05) is 17.8 Å². The van der Waals surface area contributed by atoms with Gasteiger partial charge in [0.2, 0.25) is 0 Å². The Balaban J connectivity index is 1.70. The molecule has 0 amide bonds. The second-order valence-corrected chi connectivity index (χ2v) is 6.61. The molecule has 0 aromatic carbocycles. The van der Waals surface area contributed by atoms with Gasteiger partial charge in [-0.15, -0.1) is 0 Å². The molecule has 0 saturated heterocycles. The zero-order chi connectivity index (χ0) is 13.8. The van der Waals surface area contributed by atoms with Gasteiger partial charge in [-0.05, 0) is 68.7 Å². The molecule has 1 N–H and O–H groups in total. The van der Waals surface area contributed by atoms with Crippen molar-refractivity contribution in [1.82, 2.24) is 10.3 Å². The fraction of sp³-hybridized carbons (Fsp3) is 0.722. The summed E-state index contributed by atoms with van der Waals surface area (Å²) in [6.07, 6.45) is 11.5. The standard InChI is InChI=1S/C18H28N2/c1-2-11-19-13-15-6-3-4-8-16(15)17-10-9-14-7-5-12-20-18(14)17/h5,7,12,15-17,19H,2-4,6,8-11,13H2,1H3.